The highest BCUT2D eigenvalue weighted by molar-refractivity contribution is 7.89. The molecule has 2 aromatic rings. The van der Waals surface area contributed by atoms with Crippen molar-refractivity contribution in [1.29, 1.82) is 5.41 Å². The summed E-state index contributed by atoms with van der Waals surface area (Å²) in [6.45, 7) is 5.14. The minimum Gasteiger partial charge on any atom is -0.467 e. The topological polar surface area (TPSA) is 175 Å². The minimum atomic E-state index is -4.24. The van der Waals surface area contributed by atoms with E-state index >= 15 is 0 Å². The molecule has 0 saturated carbocycles. The third kappa shape index (κ3) is 8.19. The number of carbonyl (C=O) groups excluding carboxylic acids is 3. The fourth-order valence-electron chi connectivity index (χ4n) is 5.23. The molecule has 3 rings (SSSR count). The van der Waals surface area contributed by atoms with Gasteiger partial charge in [0, 0.05) is 26.7 Å². The molecule has 13 heteroatoms. The van der Waals surface area contributed by atoms with E-state index in [1.807, 2.05) is 19.1 Å². The predicted molar refractivity (Wildman–Crippen MR) is 160 cm³/mol. The molecule has 4 atom stereocenters. The fourth-order valence-corrected chi connectivity index (χ4v) is 6.46. The first-order valence-electron chi connectivity index (χ1n) is 14.1. The monoisotopic (exact) mass is 602 g/mol. The van der Waals surface area contributed by atoms with Gasteiger partial charge in [0.25, 0.3) is 0 Å². The van der Waals surface area contributed by atoms with E-state index in [4.69, 9.17) is 15.9 Å². The maximum Gasteiger partial charge on any atom is 0.328 e. The van der Waals surface area contributed by atoms with Crippen LogP contribution in [0.2, 0.25) is 0 Å². The van der Waals surface area contributed by atoms with Gasteiger partial charge in [0.15, 0.2) is 5.96 Å². The number of likely N-dealkylation sites (N-methyl/N-ethyl adjacent to an activating group) is 1. The Hall–Kier alpha value is -3.71. The summed E-state index contributed by atoms with van der Waals surface area (Å²) in [5.74, 6) is -2.15. The molecule has 0 bridgehead atoms. The summed E-state index contributed by atoms with van der Waals surface area (Å²) in [7, 11) is -1.61. The summed E-state index contributed by atoms with van der Waals surface area (Å²) in [5.41, 5.74) is 5.62. The number of likely N-dealkylation sites (tertiary alicyclic amines) is 1. The van der Waals surface area contributed by atoms with E-state index in [-0.39, 0.29) is 29.2 Å². The summed E-state index contributed by atoms with van der Waals surface area (Å²) < 4.78 is 34.4. The molecule has 0 aromatic heterocycles. The number of esters is 1. The van der Waals surface area contributed by atoms with Gasteiger partial charge in [-0.2, -0.15) is 4.72 Å². The first kappa shape index (κ1) is 32.8. The van der Waals surface area contributed by atoms with Gasteiger partial charge in [-0.3, -0.25) is 15.0 Å². The zero-order valence-corrected chi connectivity index (χ0v) is 25.4. The second-order valence-corrected chi connectivity index (χ2v) is 12.5. The number of piperidine rings is 1. The van der Waals surface area contributed by atoms with E-state index in [9.17, 15) is 22.8 Å². The molecule has 0 spiro atoms. The number of amides is 2. The van der Waals surface area contributed by atoms with Crippen LogP contribution >= 0.6 is 0 Å². The number of methoxy groups -OCH3 is 1. The van der Waals surface area contributed by atoms with Crippen molar-refractivity contribution >= 4 is 44.5 Å². The molecule has 2 amide bonds. The lowest BCUT2D eigenvalue weighted by atomic mass is 9.97. The number of rotatable bonds is 12. The Balaban J connectivity index is 1.84. The Labute approximate surface area is 247 Å². The molecular formula is C29H42N6O6S. The van der Waals surface area contributed by atoms with Crippen LogP contribution in [0, 0.1) is 17.2 Å². The number of nitrogens with zero attached hydrogens (tertiary/aromatic N) is 2. The summed E-state index contributed by atoms with van der Waals surface area (Å²) in [6.07, 6.45) is 1.74. The Morgan fingerprint density at radius 3 is 2.52 bits per heavy atom. The maximum atomic E-state index is 13.8. The van der Waals surface area contributed by atoms with Gasteiger partial charge in [0.05, 0.1) is 18.4 Å². The molecule has 0 aliphatic carbocycles. The van der Waals surface area contributed by atoms with Crippen molar-refractivity contribution in [3.05, 3.63) is 42.5 Å². The van der Waals surface area contributed by atoms with E-state index < -0.39 is 46.3 Å². The molecule has 42 heavy (non-hydrogen) atoms. The Bertz CT molecular complexity index is 1400. The molecule has 1 aliphatic rings. The number of benzene rings is 2. The second kappa shape index (κ2) is 14.5. The van der Waals surface area contributed by atoms with E-state index in [1.54, 1.807) is 30.0 Å². The van der Waals surface area contributed by atoms with Crippen molar-refractivity contribution in [1.82, 2.24) is 19.8 Å². The van der Waals surface area contributed by atoms with Crippen LogP contribution in [-0.4, -0.2) is 87.8 Å². The van der Waals surface area contributed by atoms with Gasteiger partial charge < -0.3 is 25.6 Å². The highest BCUT2D eigenvalue weighted by atomic mass is 32.2. The zero-order chi connectivity index (χ0) is 31.0. The highest BCUT2D eigenvalue weighted by Crippen LogP contribution is 2.21. The van der Waals surface area contributed by atoms with E-state index in [1.165, 1.54) is 26.3 Å². The van der Waals surface area contributed by atoms with Gasteiger partial charge in [-0.15, -0.1) is 0 Å². The number of hydrogen-bond acceptors (Lipinski definition) is 7. The molecule has 1 fully saturated rings. The third-order valence-electron chi connectivity index (χ3n) is 7.85. The number of nitrogens with one attached hydrogen (secondary N) is 3. The van der Waals surface area contributed by atoms with Gasteiger partial charge in [-0.05, 0) is 47.6 Å². The van der Waals surface area contributed by atoms with Crippen molar-refractivity contribution in [3.8, 4) is 0 Å². The molecule has 2 aromatic carbocycles. The lowest BCUT2D eigenvalue weighted by molar-refractivity contribution is -0.154. The van der Waals surface area contributed by atoms with Crippen LogP contribution < -0.4 is 15.8 Å². The first-order valence-corrected chi connectivity index (χ1v) is 15.6. The van der Waals surface area contributed by atoms with Crippen molar-refractivity contribution in [2.45, 2.75) is 56.5 Å². The molecule has 12 nitrogen and oxygen atoms in total. The van der Waals surface area contributed by atoms with E-state index in [2.05, 4.69) is 10.0 Å². The van der Waals surface area contributed by atoms with Crippen LogP contribution in [0.25, 0.3) is 10.8 Å². The minimum absolute atomic E-state index is 0.0238. The SMILES string of the molecule is CCC(C)[C@@H](C(=O)OC)N(C)C(=O)[C@H](CC(=O)NC[C@@H]1CCCN(C(=N)N)C1)NS(=O)(=O)c1ccc2ccccc2c1. The fraction of sp³-hybridized carbons (Fsp3) is 0.517. The molecule has 1 saturated heterocycles. The van der Waals surface area contributed by atoms with Gasteiger partial charge in [-0.25, -0.2) is 13.2 Å². The molecule has 230 valence electrons. The maximum absolute atomic E-state index is 13.8. The predicted octanol–water partition coefficient (Wildman–Crippen LogP) is 1.64. The lowest BCUT2D eigenvalue weighted by Crippen LogP contribution is -2.55. The number of nitrogens with two attached hydrogens (primary N) is 1. The molecule has 1 unspecified atom stereocenters. The largest absolute Gasteiger partial charge is 0.467 e. The molecule has 0 radical (unpaired) electrons. The van der Waals surface area contributed by atoms with Crippen molar-refractivity contribution in [2.75, 3.05) is 33.8 Å². The number of hydrogen-bond donors (Lipinski definition) is 4. The summed E-state index contributed by atoms with van der Waals surface area (Å²) in [4.78, 5) is 42.3. The second-order valence-electron chi connectivity index (χ2n) is 10.8. The van der Waals surface area contributed by atoms with Crippen LogP contribution in [0.3, 0.4) is 0 Å². The summed E-state index contributed by atoms with van der Waals surface area (Å²) in [6, 6.07) is 9.44. The number of fused-ring (bicyclic) bond motifs is 1. The quantitative estimate of drug-likeness (QED) is 0.161. The average Bonchev–Trinajstić information content (AvgIpc) is 2.98. The van der Waals surface area contributed by atoms with Crippen LogP contribution in [-0.2, 0) is 29.1 Å². The van der Waals surface area contributed by atoms with Gasteiger partial charge in [0.1, 0.15) is 12.1 Å². The standard InChI is InChI=1S/C29H42N6O6S/c1-5-19(2)26(28(38)41-4)34(3)27(37)24(16-25(36)32-17-20-9-8-14-35(18-20)29(30)31)33-42(39,40)23-13-12-21-10-6-7-11-22(21)15-23/h6-7,10-13,15,19-20,24,26,33H,5,8-9,14,16-18H2,1-4H3,(H3,30,31)(H,32,36)/t19?,20-,24-,26-/m0/s1. The van der Waals surface area contributed by atoms with E-state index in [0.29, 0.717) is 24.9 Å². The van der Waals surface area contributed by atoms with Crippen LogP contribution in [0.5, 0.6) is 0 Å². The average molecular weight is 603 g/mol. The Morgan fingerprint density at radius 1 is 1.19 bits per heavy atom. The smallest absolute Gasteiger partial charge is 0.328 e. The van der Waals surface area contributed by atoms with E-state index in [0.717, 1.165) is 23.1 Å². The summed E-state index contributed by atoms with van der Waals surface area (Å²) in [5, 5.41) is 12.0. The molecule has 1 heterocycles. The molecular weight excluding hydrogens is 560 g/mol. The number of guanidine groups is 1. The van der Waals surface area contributed by atoms with Crippen LogP contribution in [0.4, 0.5) is 0 Å². The highest BCUT2D eigenvalue weighted by Gasteiger charge is 2.37. The Morgan fingerprint density at radius 2 is 1.88 bits per heavy atom. The summed E-state index contributed by atoms with van der Waals surface area (Å²) >= 11 is 0. The van der Waals surface area contributed by atoms with Crippen LogP contribution in [0.1, 0.15) is 39.5 Å². The zero-order valence-electron chi connectivity index (χ0n) is 24.6. The van der Waals surface area contributed by atoms with Gasteiger partial charge >= 0.3 is 5.97 Å². The molecule has 1 aliphatic heterocycles. The first-order chi connectivity index (χ1) is 19.9. The van der Waals surface area contributed by atoms with Gasteiger partial charge in [-0.1, -0.05) is 50.6 Å². The van der Waals surface area contributed by atoms with Crippen molar-refractivity contribution in [3.63, 3.8) is 0 Å². The van der Waals surface area contributed by atoms with Crippen LogP contribution in [0.15, 0.2) is 47.4 Å². The van der Waals surface area contributed by atoms with Crippen molar-refractivity contribution in [2.24, 2.45) is 17.6 Å². The Kier molecular flexibility index (Phi) is 11.3. The number of ether oxygens (including phenoxy) is 1. The third-order valence-corrected chi connectivity index (χ3v) is 9.32. The number of sulfonamides is 1. The van der Waals surface area contributed by atoms with Gasteiger partial charge in [0.2, 0.25) is 21.8 Å². The number of carbonyl (C=O) groups is 3. The van der Waals surface area contributed by atoms with Crippen molar-refractivity contribution < 1.29 is 27.5 Å². The molecule has 5 N–H and O–H groups in total. The lowest BCUT2D eigenvalue weighted by Gasteiger charge is -2.33. The normalized spacial score (nSPS) is 17.6.